The molecule has 0 saturated carbocycles. The molecule has 2 aromatic rings. The summed E-state index contributed by atoms with van der Waals surface area (Å²) < 4.78 is 42.5. The van der Waals surface area contributed by atoms with Crippen LogP contribution in [0.4, 0.5) is 13.2 Å². The molecule has 0 saturated heterocycles. The van der Waals surface area contributed by atoms with Crippen LogP contribution in [0, 0.1) is 17.5 Å². The molecule has 0 aliphatic carbocycles. The van der Waals surface area contributed by atoms with Crippen molar-refractivity contribution >= 4 is 37.0 Å². The molecule has 1 atom stereocenters. The lowest BCUT2D eigenvalue weighted by Crippen LogP contribution is -2.37. The van der Waals surface area contributed by atoms with E-state index in [-0.39, 0.29) is 30.6 Å². The molecule has 1 unspecified atom stereocenters. The first kappa shape index (κ1) is 27.3. The van der Waals surface area contributed by atoms with Crippen LogP contribution in [0.3, 0.4) is 0 Å². The summed E-state index contributed by atoms with van der Waals surface area (Å²) in [5.41, 5.74) is 9.14. The Labute approximate surface area is 194 Å². The number of hydrogen-bond acceptors (Lipinski definition) is 7. The van der Waals surface area contributed by atoms with Crippen LogP contribution in [-0.2, 0) is 11.3 Å². The maximum atomic E-state index is 14.2. The van der Waals surface area contributed by atoms with Crippen LogP contribution < -0.4 is 22.4 Å². The molecule has 0 bridgehead atoms. The average Bonchev–Trinajstić information content (AvgIpc) is 2.73. The quantitative estimate of drug-likeness (QED) is 0.161. The molecule has 8 N–H and O–H groups in total. The van der Waals surface area contributed by atoms with Crippen molar-refractivity contribution in [2.45, 2.75) is 31.8 Å². The topological polar surface area (TPSA) is 170 Å². The predicted molar refractivity (Wildman–Crippen MR) is 118 cm³/mol. The average molecular weight is 481 g/mol. The zero-order chi connectivity index (χ0) is 25.6. The molecular weight excluding hydrogens is 457 g/mol. The molecule has 0 radical (unpaired) electrons. The lowest BCUT2D eigenvalue weighted by atomic mass is 9.79. The van der Waals surface area contributed by atoms with E-state index in [4.69, 9.17) is 31.6 Å². The highest BCUT2D eigenvalue weighted by Crippen LogP contribution is 2.15. The number of benzene rings is 2. The second-order valence-corrected chi connectivity index (χ2v) is 7.69. The highest BCUT2D eigenvalue weighted by molar-refractivity contribution is 6.59. The van der Waals surface area contributed by atoms with E-state index in [1.807, 2.05) is 0 Å². The second kappa shape index (κ2) is 12.0. The number of carbonyl (C=O) groups excluding carboxylic acids is 2. The van der Waals surface area contributed by atoms with Gasteiger partial charge in [0.05, 0.1) is 11.5 Å². The van der Waals surface area contributed by atoms with Crippen LogP contribution >= 0.6 is 0 Å². The fourth-order valence-electron chi connectivity index (χ4n) is 3.31. The number of halogens is 3. The van der Waals surface area contributed by atoms with Crippen molar-refractivity contribution in [3.05, 3.63) is 58.9 Å². The maximum Gasteiger partial charge on any atom is 0.494 e. The van der Waals surface area contributed by atoms with Gasteiger partial charge in [-0.05, 0) is 49.1 Å². The van der Waals surface area contributed by atoms with Gasteiger partial charge in [0.1, 0.15) is 17.5 Å². The molecule has 0 fully saturated rings. The molecule has 2 rings (SSSR count). The summed E-state index contributed by atoms with van der Waals surface area (Å²) in [5, 5.41) is 36.5. The van der Waals surface area contributed by atoms with E-state index in [0.717, 1.165) is 24.3 Å². The Bertz CT molecular complexity index is 1020. The maximum absolute atomic E-state index is 14.2. The largest absolute Gasteiger partial charge is 0.494 e. The summed E-state index contributed by atoms with van der Waals surface area (Å²) in [6, 6.07) is 3.80. The van der Waals surface area contributed by atoms with E-state index in [2.05, 4.69) is 0 Å². The third-order valence-corrected chi connectivity index (χ3v) is 5.14. The summed E-state index contributed by atoms with van der Waals surface area (Å²) in [6.45, 7) is -0.285. The first-order valence-corrected chi connectivity index (χ1v) is 10.3. The zero-order valence-corrected chi connectivity index (χ0v) is 18.0. The smallest absolute Gasteiger partial charge is 0.423 e. The molecular formula is C20H24B2F3N3O6. The molecule has 9 nitrogen and oxygen atoms in total. The molecule has 182 valence electrons. The summed E-state index contributed by atoms with van der Waals surface area (Å²) in [6.07, 6.45) is 0.943. The molecule has 2 aromatic carbocycles. The van der Waals surface area contributed by atoms with Gasteiger partial charge in [-0.15, -0.1) is 0 Å². The Hall–Kier alpha value is -2.90. The van der Waals surface area contributed by atoms with Gasteiger partial charge in [0.2, 0.25) is 5.91 Å². The molecule has 0 aromatic heterocycles. The minimum Gasteiger partial charge on any atom is -0.423 e. The number of hydrogen-bond donors (Lipinski definition) is 6. The number of rotatable bonds is 11. The predicted octanol–water partition coefficient (Wildman–Crippen LogP) is -1.91. The van der Waals surface area contributed by atoms with Gasteiger partial charge >= 0.3 is 14.2 Å². The van der Waals surface area contributed by atoms with Crippen molar-refractivity contribution in [2.24, 2.45) is 11.5 Å². The number of primary amides is 1. The van der Waals surface area contributed by atoms with Gasteiger partial charge in [0.15, 0.2) is 0 Å². The van der Waals surface area contributed by atoms with Gasteiger partial charge in [-0.25, -0.2) is 13.2 Å². The van der Waals surface area contributed by atoms with Crippen molar-refractivity contribution in [1.29, 1.82) is 0 Å². The van der Waals surface area contributed by atoms with Crippen LogP contribution in [0.15, 0.2) is 30.3 Å². The van der Waals surface area contributed by atoms with E-state index < -0.39 is 60.5 Å². The summed E-state index contributed by atoms with van der Waals surface area (Å²) in [5.74, 6) is -4.89. The van der Waals surface area contributed by atoms with Gasteiger partial charge in [0, 0.05) is 24.1 Å². The molecule has 0 spiro atoms. The molecule has 0 aliphatic heterocycles. The fourth-order valence-corrected chi connectivity index (χ4v) is 3.31. The van der Waals surface area contributed by atoms with E-state index in [1.54, 1.807) is 0 Å². The number of unbranched alkanes of at least 4 members (excludes halogenated alkanes) is 1. The van der Waals surface area contributed by atoms with Gasteiger partial charge in [-0.1, -0.05) is 6.07 Å². The highest BCUT2D eigenvalue weighted by Gasteiger charge is 2.25. The monoisotopic (exact) mass is 481 g/mol. The number of amides is 2. The Morgan fingerprint density at radius 3 is 2.06 bits per heavy atom. The standard InChI is InChI=1S/C20H24B2F3N3O6/c23-14-9-12(4-5-13(14)21(31)32)20(30)28(6-2-1-3-17(26)19(27)29)10-11-7-15(24)18(22(33)34)16(25)8-11/h4-5,7-9,17,31-34H,1-3,6,10,26H2,(H2,27,29). The molecule has 2 amide bonds. The number of nitrogens with zero attached hydrogens (tertiary/aromatic N) is 1. The lowest BCUT2D eigenvalue weighted by Gasteiger charge is -2.24. The summed E-state index contributed by atoms with van der Waals surface area (Å²) in [7, 11) is -4.45. The van der Waals surface area contributed by atoms with Crippen LogP contribution in [0.1, 0.15) is 35.2 Å². The Morgan fingerprint density at radius 1 is 0.941 bits per heavy atom. The zero-order valence-electron chi connectivity index (χ0n) is 18.0. The molecule has 0 aliphatic rings. The van der Waals surface area contributed by atoms with Gasteiger partial charge in [-0.3, -0.25) is 9.59 Å². The van der Waals surface area contributed by atoms with E-state index in [1.165, 1.54) is 11.0 Å². The van der Waals surface area contributed by atoms with Crippen molar-refractivity contribution in [1.82, 2.24) is 4.90 Å². The first-order chi connectivity index (χ1) is 15.9. The highest BCUT2D eigenvalue weighted by atomic mass is 19.1. The summed E-state index contributed by atoms with van der Waals surface area (Å²) >= 11 is 0. The van der Waals surface area contributed by atoms with E-state index in [0.29, 0.717) is 12.8 Å². The minimum absolute atomic E-state index is 0.00976. The van der Waals surface area contributed by atoms with Crippen LogP contribution in [-0.4, -0.2) is 63.6 Å². The van der Waals surface area contributed by atoms with Crippen molar-refractivity contribution < 1.29 is 42.9 Å². The third-order valence-electron chi connectivity index (χ3n) is 5.14. The van der Waals surface area contributed by atoms with Gasteiger partial charge in [-0.2, -0.15) is 0 Å². The van der Waals surface area contributed by atoms with Crippen LogP contribution in [0.2, 0.25) is 0 Å². The normalized spacial score (nSPS) is 11.8. The van der Waals surface area contributed by atoms with E-state index >= 15 is 0 Å². The Kier molecular flexibility index (Phi) is 9.65. The lowest BCUT2D eigenvalue weighted by molar-refractivity contribution is -0.119. The van der Waals surface area contributed by atoms with Crippen LogP contribution in [0.25, 0.3) is 0 Å². The number of carbonyl (C=O) groups is 2. The Balaban J connectivity index is 2.28. The second-order valence-electron chi connectivity index (χ2n) is 7.69. The molecule has 0 heterocycles. The first-order valence-electron chi connectivity index (χ1n) is 10.3. The van der Waals surface area contributed by atoms with Crippen molar-refractivity contribution in [3.63, 3.8) is 0 Å². The van der Waals surface area contributed by atoms with Gasteiger partial charge in [0.25, 0.3) is 5.91 Å². The Morgan fingerprint density at radius 2 is 1.56 bits per heavy atom. The van der Waals surface area contributed by atoms with Gasteiger partial charge < -0.3 is 36.5 Å². The van der Waals surface area contributed by atoms with E-state index in [9.17, 15) is 22.8 Å². The molecule has 14 heteroatoms. The minimum atomic E-state index is -2.37. The van der Waals surface area contributed by atoms with Crippen molar-refractivity contribution in [3.8, 4) is 0 Å². The number of nitrogens with two attached hydrogens (primary N) is 2. The molecule has 34 heavy (non-hydrogen) atoms. The SMILES string of the molecule is NC(=O)C(N)CCCCN(Cc1cc(F)c(B(O)O)c(F)c1)C(=O)c1ccc(B(O)O)c(F)c1. The van der Waals surface area contributed by atoms with Crippen molar-refractivity contribution in [2.75, 3.05) is 6.54 Å². The summed E-state index contributed by atoms with van der Waals surface area (Å²) in [4.78, 5) is 25.3. The fraction of sp³-hybridized carbons (Fsp3) is 0.300. The third kappa shape index (κ3) is 7.05. The van der Waals surface area contributed by atoms with Crippen LogP contribution in [0.5, 0.6) is 0 Å².